The van der Waals surface area contributed by atoms with Crippen molar-refractivity contribution in [1.82, 2.24) is 0 Å². The Balaban J connectivity index is 2.54. The Bertz CT molecular complexity index is 153. The van der Waals surface area contributed by atoms with E-state index in [0.717, 1.165) is 0 Å². The number of allylic oxidation sites excluding steroid dienone is 2. The highest BCUT2D eigenvalue weighted by atomic mass is 16.1. The minimum atomic E-state index is 0.231. The summed E-state index contributed by atoms with van der Waals surface area (Å²) < 4.78 is 0. The van der Waals surface area contributed by atoms with Crippen LogP contribution in [0.2, 0.25) is 0 Å². The lowest BCUT2D eigenvalue weighted by molar-refractivity contribution is -0.117. The Hall–Kier alpha value is -0.590. The lowest BCUT2D eigenvalue weighted by atomic mass is 10.2. The summed E-state index contributed by atoms with van der Waals surface area (Å²) in [6, 6.07) is 0. The van der Waals surface area contributed by atoms with Gasteiger partial charge >= 0.3 is 0 Å². The first-order valence-electron chi connectivity index (χ1n) is 2.82. The first kappa shape index (κ1) is 5.54. The highest BCUT2D eigenvalue weighted by molar-refractivity contribution is 5.89. The molecule has 1 heteroatoms. The number of Topliss-reactive ketones (excluding diaryl/α,β-unsaturated/α-hetero) is 1. The van der Waals surface area contributed by atoms with Gasteiger partial charge in [0.1, 0.15) is 5.78 Å². The van der Waals surface area contributed by atoms with Gasteiger partial charge in [0.05, 0.1) is 5.92 Å². The minimum absolute atomic E-state index is 0.231. The molecule has 0 fully saturated rings. The zero-order chi connectivity index (χ0) is 6.31. The van der Waals surface area contributed by atoms with E-state index in [9.17, 15) is 4.79 Å². The Morgan fingerprint density at radius 1 is 1.38 bits per heavy atom. The summed E-state index contributed by atoms with van der Waals surface area (Å²) in [7, 11) is 0. The smallest absolute Gasteiger partial charge is 0.140 e. The Morgan fingerprint density at radius 3 is 1.75 bits per heavy atom. The second-order valence-corrected chi connectivity index (χ2v) is 2.41. The van der Waals surface area contributed by atoms with Gasteiger partial charge in [0, 0.05) is 0 Å². The van der Waals surface area contributed by atoms with Crippen molar-refractivity contribution >= 4 is 5.78 Å². The summed E-state index contributed by atoms with van der Waals surface area (Å²) >= 11 is 0. The van der Waals surface area contributed by atoms with E-state index in [1.165, 1.54) is 11.1 Å². The molecule has 0 saturated heterocycles. The Labute approximate surface area is 49.4 Å². The van der Waals surface area contributed by atoms with E-state index in [1.807, 2.05) is 13.8 Å². The highest BCUT2D eigenvalue weighted by Crippen LogP contribution is 2.38. The van der Waals surface area contributed by atoms with E-state index < -0.39 is 0 Å². The molecule has 0 aliphatic heterocycles. The zero-order valence-electron chi connectivity index (χ0n) is 5.49. The third kappa shape index (κ3) is 0.585. The predicted octanol–water partition coefficient (Wildman–Crippen LogP) is 1.54. The topological polar surface area (TPSA) is 17.1 Å². The standard InChI is InChI=1S/C7H10O/c1-4-5(2)7(4)6(3)8/h7H,1-3H3. The van der Waals surface area contributed by atoms with Crippen LogP contribution < -0.4 is 0 Å². The monoisotopic (exact) mass is 110 g/mol. The van der Waals surface area contributed by atoms with Gasteiger partial charge in [0.25, 0.3) is 0 Å². The summed E-state index contributed by atoms with van der Waals surface area (Å²) in [5.74, 6) is 0.523. The molecule has 8 heavy (non-hydrogen) atoms. The predicted molar refractivity (Wildman–Crippen MR) is 32.5 cm³/mol. The molecule has 0 aromatic heterocycles. The molecule has 0 unspecified atom stereocenters. The number of rotatable bonds is 1. The van der Waals surface area contributed by atoms with Crippen molar-refractivity contribution in [3.63, 3.8) is 0 Å². The van der Waals surface area contributed by atoms with Crippen LogP contribution in [-0.4, -0.2) is 5.78 Å². The van der Waals surface area contributed by atoms with Crippen molar-refractivity contribution in [3.05, 3.63) is 11.1 Å². The van der Waals surface area contributed by atoms with Gasteiger partial charge < -0.3 is 0 Å². The fraction of sp³-hybridized carbons (Fsp3) is 0.571. The molecule has 1 nitrogen and oxygen atoms in total. The molecule has 0 atom stereocenters. The number of carbonyl (C=O) groups is 1. The first-order chi connectivity index (χ1) is 3.64. The molecule has 44 valence electrons. The molecule has 0 saturated carbocycles. The second-order valence-electron chi connectivity index (χ2n) is 2.41. The largest absolute Gasteiger partial charge is 0.299 e. The molecular formula is C7H10O. The summed E-state index contributed by atoms with van der Waals surface area (Å²) in [5, 5.41) is 0. The fourth-order valence-electron chi connectivity index (χ4n) is 1.08. The van der Waals surface area contributed by atoms with Crippen molar-refractivity contribution in [2.75, 3.05) is 0 Å². The molecule has 0 radical (unpaired) electrons. The van der Waals surface area contributed by atoms with Crippen LogP contribution in [0.4, 0.5) is 0 Å². The van der Waals surface area contributed by atoms with Crippen LogP contribution in [0.1, 0.15) is 20.8 Å². The lowest BCUT2D eigenvalue weighted by Crippen LogP contribution is -1.95. The van der Waals surface area contributed by atoms with E-state index in [1.54, 1.807) is 6.92 Å². The number of hydrogen-bond donors (Lipinski definition) is 0. The summed E-state index contributed by atoms with van der Waals surface area (Å²) in [6.07, 6.45) is 0. The van der Waals surface area contributed by atoms with Crippen LogP contribution in [-0.2, 0) is 4.79 Å². The Kier molecular flexibility index (Phi) is 0.999. The average Bonchev–Trinajstić information content (AvgIpc) is 2.15. The first-order valence-corrected chi connectivity index (χ1v) is 2.82. The molecule has 0 amide bonds. The van der Waals surface area contributed by atoms with Crippen LogP contribution in [0.25, 0.3) is 0 Å². The van der Waals surface area contributed by atoms with Crippen molar-refractivity contribution in [1.29, 1.82) is 0 Å². The molecule has 0 aromatic rings. The van der Waals surface area contributed by atoms with E-state index in [0.29, 0.717) is 5.78 Å². The maximum atomic E-state index is 10.6. The number of hydrogen-bond acceptors (Lipinski definition) is 1. The van der Waals surface area contributed by atoms with E-state index in [4.69, 9.17) is 0 Å². The quantitative estimate of drug-likeness (QED) is 0.468. The van der Waals surface area contributed by atoms with Crippen molar-refractivity contribution in [3.8, 4) is 0 Å². The third-order valence-electron chi connectivity index (χ3n) is 1.81. The molecule has 1 aliphatic carbocycles. The minimum Gasteiger partial charge on any atom is -0.299 e. The van der Waals surface area contributed by atoms with Gasteiger partial charge in [-0.25, -0.2) is 0 Å². The second kappa shape index (κ2) is 1.44. The van der Waals surface area contributed by atoms with Gasteiger partial charge in [-0.05, 0) is 20.8 Å². The maximum Gasteiger partial charge on any atom is 0.140 e. The average molecular weight is 110 g/mol. The van der Waals surface area contributed by atoms with Crippen molar-refractivity contribution < 1.29 is 4.79 Å². The van der Waals surface area contributed by atoms with E-state index >= 15 is 0 Å². The third-order valence-corrected chi connectivity index (χ3v) is 1.81. The molecule has 1 rings (SSSR count). The van der Waals surface area contributed by atoms with Gasteiger partial charge in [0.15, 0.2) is 0 Å². The molecule has 0 heterocycles. The van der Waals surface area contributed by atoms with Gasteiger partial charge in [-0.3, -0.25) is 4.79 Å². The molecule has 0 bridgehead atoms. The van der Waals surface area contributed by atoms with Gasteiger partial charge in [-0.1, -0.05) is 11.1 Å². The molecule has 1 aliphatic rings. The molecular weight excluding hydrogens is 100 g/mol. The van der Waals surface area contributed by atoms with Crippen LogP contribution in [0.15, 0.2) is 11.1 Å². The van der Waals surface area contributed by atoms with Crippen molar-refractivity contribution in [2.45, 2.75) is 20.8 Å². The summed E-state index contributed by atoms with van der Waals surface area (Å²) in [6.45, 7) is 5.67. The van der Waals surface area contributed by atoms with Crippen LogP contribution in [0.5, 0.6) is 0 Å². The maximum absolute atomic E-state index is 10.6. The van der Waals surface area contributed by atoms with Gasteiger partial charge in [0.2, 0.25) is 0 Å². The van der Waals surface area contributed by atoms with Crippen LogP contribution >= 0.6 is 0 Å². The summed E-state index contributed by atoms with van der Waals surface area (Å²) in [5.41, 5.74) is 2.55. The van der Waals surface area contributed by atoms with E-state index in [2.05, 4.69) is 0 Å². The van der Waals surface area contributed by atoms with Gasteiger partial charge in [-0.2, -0.15) is 0 Å². The van der Waals surface area contributed by atoms with Gasteiger partial charge in [-0.15, -0.1) is 0 Å². The lowest BCUT2D eigenvalue weighted by Gasteiger charge is -1.85. The Morgan fingerprint density at radius 2 is 1.75 bits per heavy atom. The fourth-order valence-corrected chi connectivity index (χ4v) is 1.08. The summed E-state index contributed by atoms with van der Waals surface area (Å²) in [4.78, 5) is 10.6. The van der Waals surface area contributed by atoms with Crippen LogP contribution in [0.3, 0.4) is 0 Å². The highest BCUT2D eigenvalue weighted by Gasteiger charge is 2.32. The molecule has 0 aromatic carbocycles. The molecule has 0 spiro atoms. The van der Waals surface area contributed by atoms with E-state index in [-0.39, 0.29) is 5.92 Å². The number of carbonyl (C=O) groups excluding carboxylic acids is 1. The normalized spacial score (nSPS) is 19.4. The zero-order valence-corrected chi connectivity index (χ0v) is 5.49. The SMILES string of the molecule is CC(=O)C1C(C)=C1C. The van der Waals surface area contributed by atoms with Crippen LogP contribution in [0, 0.1) is 5.92 Å². The van der Waals surface area contributed by atoms with Crippen molar-refractivity contribution in [2.24, 2.45) is 5.92 Å². The number of ketones is 1. The molecule has 0 N–H and O–H groups in total.